The first kappa shape index (κ1) is 32.0. The second kappa shape index (κ2) is 15.5. The van der Waals surface area contributed by atoms with Gasteiger partial charge in [-0.15, -0.1) is 0 Å². The number of furan rings is 1. The van der Waals surface area contributed by atoms with Crippen molar-refractivity contribution in [1.82, 2.24) is 5.32 Å². The number of carboxylic acids is 1. The van der Waals surface area contributed by atoms with E-state index in [0.717, 1.165) is 28.5 Å². The summed E-state index contributed by atoms with van der Waals surface area (Å²) in [4.78, 5) is 35.9. The minimum absolute atomic E-state index is 0. The molecule has 9 heteroatoms. The Morgan fingerprint density at radius 3 is 2.44 bits per heavy atom. The first-order valence-electron chi connectivity index (χ1n) is 12.8. The Labute approximate surface area is 255 Å². The summed E-state index contributed by atoms with van der Waals surface area (Å²) < 4.78 is 11.8. The van der Waals surface area contributed by atoms with Gasteiger partial charge in [0.2, 0.25) is 0 Å². The van der Waals surface area contributed by atoms with Gasteiger partial charge in [0.25, 0.3) is 5.91 Å². The molecule has 2 N–H and O–H groups in total. The predicted octanol–water partition coefficient (Wildman–Crippen LogP) is 5.74. The molecule has 4 aromatic rings. The van der Waals surface area contributed by atoms with Gasteiger partial charge in [-0.1, -0.05) is 54.6 Å². The van der Waals surface area contributed by atoms with Crippen molar-refractivity contribution in [2.75, 3.05) is 12.0 Å². The van der Waals surface area contributed by atoms with Gasteiger partial charge in [0, 0.05) is 16.7 Å². The first-order chi connectivity index (χ1) is 19.4. The fraction of sp³-hybridized carbons (Fsp3) is 0.219. The van der Waals surface area contributed by atoms with Crippen LogP contribution in [0.25, 0.3) is 22.5 Å². The summed E-state index contributed by atoms with van der Waals surface area (Å²) in [6.07, 6.45) is 3.04. The molecule has 208 valence electrons. The summed E-state index contributed by atoms with van der Waals surface area (Å²) in [5.74, 6) is 0.495. The third-order valence-electron chi connectivity index (χ3n) is 6.48. The number of thioether (sulfide) groups is 1. The van der Waals surface area contributed by atoms with Gasteiger partial charge in [-0.05, 0) is 71.9 Å². The maximum absolute atomic E-state index is 13.3. The molecule has 0 saturated heterocycles. The molecule has 0 fully saturated rings. The van der Waals surface area contributed by atoms with E-state index in [1.54, 1.807) is 18.2 Å². The van der Waals surface area contributed by atoms with Crippen molar-refractivity contribution in [2.24, 2.45) is 0 Å². The summed E-state index contributed by atoms with van der Waals surface area (Å²) in [7, 11) is 0. The number of ether oxygens (including phenoxy) is 1. The Balaban J connectivity index is 0.00000462. The third kappa shape index (κ3) is 8.48. The average Bonchev–Trinajstić information content (AvgIpc) is 3.44. The third-order valence-corrected chi connectivity index (χ3v) is 7.13. The summed E-state index contributed by atoms with van der Waals surface area (Å²) in [6.45, 7) is 2.51. The van der Waals surface area contributed by atoms with Crippen LogP contribution in [0.5, 0.6) is 0 Å². The molecule has 1 aromatic heterocycles. The van der Waals surface area contributed by atoms with Crippen molar-refractivity contribution in [3.8, 4) is 22.5 Å². The van der Waals surface area contributed by atoms with Crippen molar-refractivity contribution in [1.29, 1.82) is 0 Å². The number of nitrogens with one attached hydrogen (secondary N) is 1. The van der Waals surface area contributed by atoms with Crippen LogP contribution < -0.4 is 5.32 Å². The molecule has 0 aliphatic rings. The number of benzene rings is 3. The Bertz CT molecular complexity index is 1480. The van der Waals surface area contributed by atoms with Crippen LogP contribution in [0.4, 0.5) is 0 Å². The number of amides is 1. The van der Waals surface area contributed by atoms with Gasteiger partial charge in [-0.3, -0.25) is 9.59 Å². The summed E-state index contributed by atoms with van der Waals surface area (Å²) in [5, 5.41) is 12.3. The minimum atomic E-state index is -1.05. The van der Waals surface area contributed by atoms with Crippen LogP contribution in [0.15, 0.2) is 83.3 Å². The second-order valence-electron chi connectivity index (χ2n) is 9.34. The molecule has 0 aliphatic carbocycles. The molecule has 7 nitrogen and oxygen atoms in total. The fourth-order valence-corrected chi connectivity index (χ4v) is 4.78. The van der Waals surface area contributed by atoms with Gasteiger partial charge in [0.05, 0.1) is 6.61 Å². The zero-order valence-corrected chi connectivity index (χ0v) is 23.2. The van der Waals surface area contributed by atoms with E-state index in [2.05, 4.69) is 5.32 Å². The number of hydrogen-bond donors (Lipinski definition) is 2. The molecule has 4 rings (SSSR count). The van der Waals surface area contributed by atoms with E-state index in [0.29, 0.717) is 40.4 Å². The van der Waals surface area contributed by atoms with Gasteiger partial charge in [0.15, 0.2) is 0 Å². The summed E-state index contributed by atoms with van der Waals surface area (Å²) >= 11 is 1.53. The van der Waals surface area contributed by atoms with Crippen LogP contribution in [0.2, 0.25) is 0 Å². The van der Waals surface area contributed by atoms with E-state index in [4.69, 9.17) is 9.15 Å². The molecule has 0 saturated carbocycles. The molecule has 3 aromatic carbocycles. The summed E-state index contributed by atoms with van der Waals surface area (Å²) in [5.41, 5.74) is 5.34. The number of rotatable bonds is 13. The summed E-state index contributed by atoms with van der Waals surface area (Å²) in [6, 6.07) is 23.1. The fourth-order valence-electron chi connectivity index (χ4n) is 4.31. The van der Waals surface area contributed by atoms with Crippen molar-refractivity contribution in [2.45, 2.75) is 32.6 Å². The van der Waals surface area contributed by atoms with E-state index < -0.39 is 17.9 Å². The number of aliphatic carboxylic acids is 1. The van der Waals surface area contributed by atoms with Crippen molar-refractivity contribution < 1.29 is 28.6 Å². The zero-order chi connectivity index (χ0) is 28.5. The van der Waals surface area contributed by atoms with Crippen LogP contribution in [-0.2, 0) is 22.7 Å². The van der Waals surface area contributed by atoms with Crippen LogP contribution in [0.1, 0.15) is 44.0 Å². The van der Waals surface area contributed by atoms with Crippen LogP contribution in [-0.4, -0.2) is 60.2 Å². The van der Waals surface area contributed by atoms with Crippen LogP contribution in [0.3, 0.4) is 0 Å². The van der Waals surface area contributed by atoms with Crippen LogP contribution in [0, 0.1) is 6.92 Å². The predicted molar refractivity (Wildman–Crippen MR) is 164 cm³/mol. The first-order valence-corrected chi connectivity index (χ1v) is 14.2. The molecule has 0 bridgehead atoms. The topological polar surface area (TPSA) is 106 Å². The number of carbonyl (C=O) groups is 3. The number of aldehydes is 1. The van der Waals surface area contributed by atoms with Crippen molar-refractivity contribution in [3.05, 3.63) is 107 Å². The monoisotopic (exact) mass is 565 g/mol. The standard InChI is InChI=1S/C32H31NO6S.Li.H/c1-21-5-3-4-6-26(21)28-17-23(9-13-27(28)31(35)33-29(32(36)37)15-16-40-2)19-38-20-25-12-14-30(39-25)24-10-7-22(18-34)8-11-24;;/h3-14,17-18,29H,15-16,19-20H2,1-2H3,(H,33,35)(H,36,37);;/t29-;;/m0../s1. The number of carbonyl (C=O) groups excluding carboxylic acids is 2. The van der Waals surface area contributed by atoms with E-state index in [-0.39, 0.29) is 32.1 Å². The Morgan fingerprint density at radius 2 is 1.76 bits per heavy atom. The molecule has 1 amide bonds. The number of carboxylic acid groups (broad SMARTS) is 1. The number of hydrogen-bond acceptors (Lipinski definition) is 6. The van der Waals surface area contributed by atoms with E-state index in [1.807, 2.05) is 73.8 Å². The Kier molecular flexibility index (Phi) is 12.1. The zero-order valence-electron chi connectivity index (χ0n) is 22.4. The van der Waals surface area contributed by atoms with Crippen molar-refractivity contribution in [3.63, 3.8) is 0 Å². The molecule has 1 heterocycles. The second-order valence-corrected chi connectivity index (χ2v) is 10.3. The molecule has 0 aliphatic heterocycles. The van der Waals surface area contributed by atoms with Gasteiger partial charge in [-0.2, -0.15) is 11.8 Å². The quantitative estimate of drug-likeness (QED) is 0.157. The van der Waals surface area contributed by atoms with E-state index in [9.17, 15) is 19.5 Å². The maximum atomic E-state index is 13.3. The van der Waals surface area contributed by atoms with Gasteiger partial charge < -0.3 is 19.6 Å². The van der Waals surface area contributed by atoms with Gasteiger partial charge >= 0.3 is 24.8 Å². The average molecular weight is 566 g/mol. The normalized spacial score (nSPS) is 11.4. The van der Waals surface area contributed by atoms with Crippen molar-refractivity contribution >= 4 is 48.8 Å². The Hall–Kier alpha value is -3.54. The SMILES string of the molecule is CSCC[C@H](NC(=O)c1ccc(COCc2ccc(-c3ccc(C=O)cc3)o2)cc1-c1ccccc1C)C(=O)O.[LiH]. The van der Waals surface area contributed by atoms with E-state index in [1.165, 1.54) is 11.8 Å². The molecule has 0 radical (unpaired) electrons. The van der Waals surface area contributed by atoms with Gasteiger partial charge in [-0.25, -0.2) is 4.79 Å². The number of aryl methyl sites for hydroxylation is 1. The molecular formula is C32H32LiNO6S. The van der Waals surface area contributed by atoms with Crippen LogP contribution >= 0.6 is 11.8 Å². The molecular weight excluding hydrogens is 533 g/mol. The molecule has 0 spiro atoms. The molecule has 0 unspecified atom stereocenters. The van der Waals surface area contributed by atoms with E-state index >= 15 is 0 Å². The van der Waals surface area contributed by atoms with Gasteiger partial charge in [0.1, 0.15) is 30.5 Å². The Morgan fingerprint density at radius 1 is 1.00 bits per heavy atom. The molecule has 41 heavy (non-hydrogen) atoms. The molecule has 1 atom stereocenters.